The van der Waals surface area contributed by atoms with Gasteiger partial charge in [-0.15, -0.1) is 0 Å². The molecule has 0 saturated carbocycles. The SMILES string of the molecule is C=N/C(=C\N[C@H](C)N(Cc1ccc(OC)c(C(=O)O)c1)C(=O)[C@@H](N)Cc1c(C)cc(C(N)=O)cc1C)c1ccccc1. The van der Waals surface area contributed by atoms with Gasteiger partial charge in [0.05, 0.1) is 25.0 Å². The number of nitrogens with one attached hydrogen (secondary N) is 1. The summed E-state index contributed by atoms with van der Waals surface area (Å²) in [6.07, 6.45) is 1.33. The molecule has 10 nitrogen and oxygen atoms in total. The molecule has 0 saturated heterocycles. The summed E-state index contributed by atoms with van der Waals surface area (Å²) >= 11 is 0. The highest BCUT2D eigenvalue weighted by Crippen LogP contribution is 2.23. The molecule has 0 heterocycles. The van der Waals surface area contributed by atoms with Crippen LogP contribution in [0.5, 0.6) is 5.75 Å². The molecule has 10 heteroatoms. The largest absolute Gasteiger partial charge is 0.496 e. The van der Waals surface area contributed by atoms with Crippen LogP contribution in [0.4, 0.5) is 0 Å². The van der Waals surface area contributed by atoms with Gasteiger partial charge < -0.3 is 31.5 Å². The van der Waals surface area contributed by atoms with Gasteiger partial charge in [-0.2, -0.15) is 0 Å². The van der Waals surface area contributed by atoms with Crippen LogP contribution in [-0.2, 0) is 17.8 Å². The Morgan fingerprint density at radius 3 is 2.26 bits per heavy atom. The lowest BCUT2D eigenvalue weighted by molar-refractivity contribution is -0.135. The van der Waals surface area contributed by atoms with Crippen molar-refractivity contribution >= 4 is 30.2 Å². The predicted molar refractivity (Wildman–Crippen MR) is 163 cm³/mol. The zero-order valence-electron chi connectivity index (χ0n) is 24.3. The lowest BCUT2D eigenvalue weighted by atomic mass is 9.93. The number of carboxylic acids is 1. The van der Waals surface area contributed by atoms with Crippen molar-refractivity contribution in [1.82, 2.24) is 10.2 Å². The maximum Gasteiger partial charge on any atom is 0.339 e. The molecule has 0 aliphatic heterocycles. The normalized spacial score (nSPS) is 12.6. The first-order chi connectivity index (χ1) is 20.0. The van der Waals surface area contributed by atoms with Crippen LogP contribution in [0.3, 0.4) is 0 Å². The quantitative estimate of drug-likeness (QED) is 0.180. The Kier molecular flexibility index (Phi) is 10.6. The van der Waals surface area contributed by atoms with Gasteiger partial charge >= 0.3 is 5.97 Å². The van der Waals surface area contributed by atoms with Crippen LogP contribution < -0.4 is 21.5 Å². The maximum absolute atomic E-state index is 13.9. The number of aromatic carboxylic acids is 1. The molecule has 42 heavy (non-hydrogen) atoms. The van der Waals surface area contributed by atoms with E-state index in [4.69, 9.17) is 16.2 Å². The molecule has 0 aliphatic carbocycles. The molecule has 3 aromatic carbocycles. The van der Waals surface area contributed by atoms with Gasteiger partial charge in [0.15, 0.2) is 0 Å². The van der Waals surface area contributed by atoms with Crippen molar-refractivity contribution in [3.05, 3.63) is 106 Å². The molecule has 0 bridgehead atoms. The first kappa shape index (κ1) is 31.6. The van der Waals surface area contributed by atoms with E-state index in [2.05, 4.69) is 17.0 Å². The Labute approximate surface area is 245 Å². The molecule has 0 fully saturated rings. The second-order valence-corrected chi connectivity index (χ2v) is 9.97. The summed E-state index contributed by atoms with van der Waals surface area (Å²) in [4.78, 5) is 43.1. The number of aryl methyl sites for hydroxylation is 2. The summed E-state index contributed by atoms with van der Waals surface area (Å²) in [7, 11) is 1.40. The van der Waals surface area contributed by atoms with Crippen LogP contribution in [0.1, 0.15) is 55.5 Å². The molecule has 2 atom stereocenters. The number of carbonyl (C=O) groups excluding carboxylic acids is 2. The summed E-state index contributed by atoms with van der Waals surface area (Å²) in [5.74, 6) is -1.82. The molecule has 2 amide bonds. The molecular weight excluding hydrogens is 534 g/mol. The summed E-state index contributed by atoms with van der Waals surface area (Å²) in [5.41, 5.74) is 16.8. The number of carboxylic acid groups (broad SMARTS) is 1. The third kappa shape index (κ3) is 7.61. The Morgan fingerprint density at radius 1 is 1.07 bits per heavy atom. The number of aliphatic imine (C=N–C) groups is 1. The smallest absolute Gasteiger partial charge is 0.339 e. The molecule has 0 spiro atoms. The average molecular weight is 572 g/mol. The Bertz CT molecular complexity index is 1480. The maximum atomic E-state index is 13.9. The zero-order valence-corrected chi connectivity index (χ0v) is 24.3. The van der Waals surface area contributed by atoms with E-state index in [-0.39, 0.29) is 30.2 Å². The number of hydrogen-bond acceptors (Lipinski definition) is 7. The fraction of sp³-hybridized carbons (Fsp3) is 0.250. The van der Waals surface area contributed by atoms with E-state index in [1.165, 1.54) is 13.2 Å². The minimum atomic E-state index is -1.15. The summed E-state index contributed by atoms with van der Waals surface area (Å²) < 4.78 is 5.18. The van der Waals surface area contributed by atoms with E-state index in [1.807, 2.05) is 44.2 Å². The summed E-state index contributed by atoms with van der Waals surface area (Å²) in [6, 6.07) is 16.6. The fourth-order valence-corrected chi connectivity index (χ4v) is 4.72. The number of carbonyl (C=O) groups is 3. The molecule has 0 radical (unpaired) electrons. The lowest BCUT2D eigenvalue weighted by Gasteiger charge is -2.32. The van der Waals surface area contributed by atoms with Crippen LogP contribution in [0.25, 0.3) is 5.70 Å². The Hall–Kier alpha value is -4.96. The first-order valence-corrected chi connectivity index (χ1v) is 13.3. The number of nitrogens with two attached hydrogens (primary N) is 2. The van der Waals surface area contributed by atoms with Gasteiger partial charge in [-0.1, -0.05) is 36.4 Å². The minimum absolute atomic E-state index is 0.0183. The molecular formula is C32H37N5O5. The van der Waals surface area contributed by atoms with Crippen molar-refractivity contribution in [3.63, 3.8) is 0 Å². The van der Waals surface area contributed by atoms with Crippen molar-refractivity contribution in [2.75, 3.05) is 7.11 Å². The van der Waals surface area contributed by atoms with Gasteiger partial charge in [-0.05, 0) is 80.4 Å². The molecule has 0 aliphatic rings. The minimum Gasteiger partial charge on any atom is -0.496 e. The highest BCUT2D eigenvalue weighted by atomic mass is 16.5. The summed E-state index contributed by atoms with van der Waals surface area (Å²) in [5, 5.41) is 12.9. The first-order valence-electron chi connectivity index (χ1n) is 13.3. The average Bonchev–Trinajstić information content (AvgIpc) is 2.97. The number of rotatable bonds is 13. The van der Waals surface area contributed by atoms with Gasteiger partial charge in [0, 0.05) is 23.9 Å². The molecule has 0 unspecified atom stereocenters. The number of ether oxygens (including phenoxy) is 1. The second-order valence-electron chi connectivity index (χ2n) is 9.97. The van der Waals surface area contributed by atoms with Crippen LogP contribution >= 0.6 is 0 Å². The molecule has 6 N–H and O–H groups in total. The van der Waals surface area contributed by atoms with Gasteiger partial charge in [0.2, 0.25) is 11.8 Å². The number of primary amides is 1. The standard InChI is InChI=1S/C32H37N5O5/c1-19-13-24(30(34)38)14-20(2)25(19)16-27(33)31(39)37(18-22-11-12-29(42-5)26(15-22)32(40)41)21(3)36-17-28(35-4)23-9-7-6-8-10-23/h6-15,17,21,27,36H,4,16,18,33H2,1-3,5H3,(H2,34,38)(H,40,41)/b28-17-/t21-,27-/m0/s1. The van der Waals surface area contributed by atoms with Crippen LogP contribution in [0.15, 0.2) is 71.9 Å². The number of methoxy groups -OCH3 is 1. The monoisotopic (exact) mass is 571 g/mol. The lowest BCUT2D eigenvalue weighted by Crippen LogP contribution is -2.52. The van der Waals surface area contributed by atoms with E-state index >= 15 is 0 Å². The van der Waals surface area contributed by atoms with Gasteiger partial charge in [0.1, 0.15) is 11.3 Å². The fourth-order valence-electron chi connectivity index (χ4n) is 4.72. The van der Waals surface area contributed by atoms with Crippen molar-refractivity contribution in [2.24, 2.45) is 16.5 Å². The van der Waals surface area contributed by atoms with Crippen LogP contribution in [-0.4, -0.2) is 53.8 Å². The zero-order chi connectivity index (χ0) is 31.0. The van der Waals surface area contributed by atoms with Crippen molar-refractivity contribution in [3.8, 4) is 5.75 Å². The third-order valence-electron chi connectivity index (χ3n) is 7.02. The van der Waals surface area contributed by atoms with Gasteiger partial charge in [-0.25, -0.2) is 4.79 Å². The van der Waals surface area contributed by atoms with E-state index < -0.39 is 24.1 Å². The van der Waals surface area contributed by atoms with E-state index in [1.54, 1.807) is 42.3 Å². The molecule has 220 valence electrons. The van der Waals surface area contributed by atoms with Crippen molar-refractivity contribution in [2.45, 2.75) is 45.9 Å². The van der Waals surface area contributed by atoms with Crippen LogP contribution in [0.2, 0.25) is 0 Å². The van der Waals surface area contributed by atoms with E-state index in [0.717, 1.165) is 22.3 Å². The van der Waals surface area contributed by atoms with E-state index in [9.17, 15) is 19.5 Å². The highest BCUT2D eigenvalue weighted by molar-refractivity contribution is 5.93. The highest BCUT2D eigenvalue weighted by Gasteiger charge is 2.27. The Balaban J connectivity index is 1.95. The number of amides is 2. The second kappa shape index (κ2) is 14.1. The van der Waals surface area contributed by atoms with Gasteiger partial charge in [-0.3, -0.25) is 14.6 Å². The topological polar surface area (TPSA) is 160 Å². The molecule has 0 aromatic heterocycles. The number of nitrogens with zero attached hydrogens (tertiary/aromatic N) is 2. The number of hydrogen-bond donors (Lipinski definition) is 4. The van der Waals surface area contributed by atoms with Crippen molar-refractivity contribution < 1.29 is 24.2 Å². The summed E-state index contributed by atoms with van der Waals surface area (Å²) in [6.45, 7) is 9.21. The number of benzene rings is 3. The third-order valence-corrected chi connectivity index (χ3v) is 7.02. The molecule has 3 aromatic rings. The van der Waals surface area contributed by atoms with Crippen LogP contribution in [0, 0.1) is 13.8 Å². The van der Waals surface area contributed by atoms with Gasteiger partial charge in [0.25, 0.3) is 0 Å². The Morgan fingerprint density at radius 2 is 1.71 bits per heavy atom. The van der Waals surface area contributed by atoms with Crippen molar-refractivity contribution in [1.29, 1.82) is 0 Å². The predicted octanol–water partition coefficient (Wildman–Crippen LogP) is 3.64. The van der Waals surface area contributed by atoms with E-state index in [0.29, 0.717) is 16.8 Å². The molecule has 3 rings (SSSR count).